The highest BCUT2D eigenvalue weighted by atomic mass is 35.5. The molecule has 0 spiro atoms. The fourth-order valence-electron chi connectivity index (χ4n) is 3.10. The Morgan fingerprint density at radius 1 is 1.23 bits per heavy atom. The summed E-state index contributed by atoms with van der Waals surface area (Å²) in [6.07, 6.45) is 1.47. The van der Waals surface area contributed by atoms with Gasteiger partial charge >= 0.3 is 5.69 Å². The third kappa shape index (κ3) is 3.77. The van der Waals surface area contributed by atoms with Crippen LogP contribution in [0.4, 0.5) is 5.69 Å². The summed E-state index contributed by atoms with van der Waals surface area (Å²) in [4.78, 5) is 38.5. The van der Waals surface area contributed by atoms with Gasteiger partial charge in [0.25, 0.3) is 5.56 Å². The van der Waals surface area contributed by atoms with Crippen molar-refractivity contribution in [2.45, 2.75) is 13.1 Å². The lowest BCUT2D eigenvalue weighted by atomic mass is 10.3. The number of carbonyl (C=O) groups excluding carboxylic acids is 1. The van der Waals surface area contributed by atoms with Crippen LogP contribution in [0.2, 0.25) is 5.02 Å². The average Bonchev–Trinajstić information content (AvgIpc) is 3.41. The van der Waals surface area contributed by atoms with Gasteiger partial charge in [0.1, 0.15) is 22.8 Å². The summed E-state index contributed by atoms with van der Waals surface area (Å²) in [5.74, 6) is 0.432. The van der Waals surface area contributed by atoms with Crippen molar-refractivity contribution in [1.82, 2.24) is 9.13 Å². The number of carbonyl (C=O) groups is 1. The van der Waals surface area contributed by atoms with Crippen LogP contribution in [0.25, 0.3) is 10.2 Å². The molecule has 0 aliphatic carbocycles. The van der Waals surface area contributed by atoms with E-state index in [1.54, 1.807) is 41.8 Å². The van der Waals surface area contributed by atoms with Gasteiger partial charge in [0.2, 0.25) is 5.91 Å². The van der Waals surface area contributed by atoms with Crippen molar-refractivity contribution in [3.05, 3.63) is 79.7 Å². The Morgan fingerprint density at radius 3 is 2.80 bits per heavy atom. The Labute approximate surface area is 178 Å². The van der Waals surface area contributed by atoms with Crippen molar-refractivity contribution in [2.75, 3.05) is 12.4 Å². The molecule has 1 N–H and O–H groups in total. The van der Waals surface area contributed by atoms with E-state index in [-0.39, 0.29) is 13.1 Å². The Kier molecular flexibility index (Phi) is 5.47. The highest BCUT2D eigenvalue weighted by molar-refractivity contribution is 7.17. The topological polar surface area (TPSA) is 95.5 Å². The Bertz CT molecular complexity index is 1340. The van der Waals surface area contributed by atoms with Gasteiger partial charge < -0.3 is 14.5 Å². The number of hydrogen-bond donors (Lipinski definition) is 1. The van der Waals surface area contributed by atoms with Crippen LogP contribution >= 0.6 is 22.9 Å². The maximum atomic E-state index is 13.1. The van der Waals surface area contributed by atoms with Crippen molar-refractivity contribution >= 4 is 44.7 Å². The molecule has 154 valence electrons. The SMILES string of the molecule is COc1ccc(Cl)cc1NC(=O)Cn1c(=O)n(Cc2ccco2)c(=O)c2sccc21. The monoisotopic (exact) mass is 445 g/mol. The second-order valence-electron chi connectivity index (χ2n) is 6.37. The average molecular weight is 446 g/mol. The highest BCUT2D eigenvalue weighted by Gasteiger charge is 2.18. The molecule has 0 fully saturated rings. The number of fused-ring (bicyclic) bond motifs is 1. The fourth-order valence-corrected chi connectivity index (χ4v) is 4.11. The summed E-state index contributed by atoms with van der Waals surface area (Å²) in [5, 5.41) is 4.84. The van der Waals surface area contributed by atoms with Gasteiger partial charge in [-0.2, -0.15) is 0 Å². The van der Waals surface area contributed by atoms with Gasteiger partial charge in [0.15, 0.2) is 0 Å². The molecule has 0 unspecified atom stereocenters. The van der Waals surface area contributed by atoms with Crippen LogP contribution in [-0.4, -0.2) is 22.2 Å². The summed E-state index contributed by atoms with van der Waals surface area (Å²) >= 11 is 7.21. The standard InChI is InChI=1S/C20H16ClN3O5S/c1-28-16-5-4-12(21)9-14(16)22-17(25)11-23-15-6-8-30-18(15)19(26)24(20(23)27)10-13-3-2-7-29-13/h2-9H,10-11H2,1H3,(H,22,25). The molecule has 1 aromatic carbocycles. The van der Waals surface area contributed by atoms with Gasteiger partial charge in [-0.1, -0.05) is 11.6 Å². The number of nitrogens with one attached hydrogen (secondary N) is 1. The number of hydrogen-bond acceptors (Lipinski definition) is 6. The van der Waals surface area contributed by atoms with Crippen LogP contribution in [-0.2, 0) is 17.9 Å². The van der Waals surface area contributed by atoms with Crippen molar-refractivity contribution in [3.63, 3.8) is 0 Å². The van der Waals surface area contributed by atoms with Crippen LogP contribution in [0.3, 0.4) is 0 Å². The highest BCUT2D eigenvalue weighted by Crippen LogP contribution is 2.27. The quantitative estimate of drug-likeness (QED) is 0.492. The molecule has 3 aromatic heterocycles. The van der Waals surface area contributed by atoms with E-state index in [4.69, 9.17) is 20.8 Å². The first-order valence-corrected chi connectivity index (χ1v) is 10.1. The smallest absolute Gasteiger partial charge is 0.332 e. The zero-order valence-corrected chi connectivity index (χ0v) is 17.3. The van der Waals surface area contributed by atoms with E-state index in [1.165, 1.54) is 29.3 Å². The number of anilines is 1. The lowest BCUT2D eigenvalue weighted by Gasteiger charge is -2.13. The van der Waals surface area contributed by atoms with E-state index in [1.807, 2.05) is 0 Å². The normalized spacial score (nSPS) is 11.0. The molecule has 1 amide bonds. The summed E-state index contributed by atoms with van der Waals surface area (Å²) in [5.41, 5.74) is -0.238. The number of ether oxygens (including phenoxy) is 1. The Morgan fingerprint density at radius 2 is 2.07 bits per heavy atom. The summed E-state index contributed by atoms with van der Waals surface area (Å²) in [6, 6.07) is 9.82. The van der Waals surface area contributed by atoms with E-state index < -0.39 is 17.2 Å². The van der Waals surface area contributed by atoms with Crippen molar-refractivity contribution in [3.8, 4) is 5.75 Å². The van der Waals surface area contributed by atoms with E-state index in [2.05, 4.69) is 5.32 Å². The Balaban J connectivity index is 1.71. The molecule has 4 rings (SSSR count). The molecule has 3 heterocycles. The van der Waals surface area contributed by atoms with Crippen LogP contribution in [0.15, 0.2) is 62.0 Å². The van der Waals surface area contributed by atoms with E-state index >= 15 is 0 Å². The number of benzene rings is 1. The van der Waals surface area contributed by atoms with Crippen LogP contribution in [0, 0.1) is 0 Å². The van der Waals surface area contributed by atoms with E-state index in [9.17, 15) is 14.4 Å². The van der Waals surface area contributed by atoms with Crippen LogP contribution < -0.4 is 21.3 Å². The summed E-state index contributed by atoms with van der Waals surface area (Å²) < 4.78 is 13.2. The molecule has 4 aromatic rings. The predicted molar refractivity (Wildman–Crippen MR) is 115 cm³/mol. The first-order chi connectivity index (χ1) is 14.5. The molecule has 0 aliphatic rings. The zero-order chi connectivity index (χ0) is 21.3. The number of amides is 1. The van der Waals surface area contributed by atoms with Gasteiger partial charge in [-0.3, -0.25) is 18.7 Å². The maximum absolute atomic E-state index is 13.1. The van der Waals surface area contributed by atoms with Crippen molar-refractivity contribution in [2.24, 2.45) is 0 Å². The molecular formula is C20H16ClN3O5S. The van der Waals surface area contributed by atoms with Gasteiger partial charge in [0.05, 0.1) is 31.1 Å². The number of furan rings is 1. The minimum atomic E-state index is -0.601. The lowest BCUT2D eigenvalue weighted by molar-refractivity contribution is -0.116. The molecule has 0 bridgehead atoms. The minimum Gasteiger partial charge on any atom is -0.495 e. The largest absolute Gasteiger partial charge is 0.495 e. The first-order valence-electron chi connectivity index (χ1n) is 8.84. The summed E-state index contributed by atoms with van der Waals surface area (Å²) in [7, 11) is 1.48. The van der Waals surface area contributed by atoms with Gasteiger partial charge in [-0.15, -0.1) is 11.3 Å². The lowest BCUT2D eigenvalue weighted by Crippen LogP contribution is -2.41. The number of nitrogens with zero attached hydrogens (tertiary/aromatic N) is 2. The molecule has 0 saturated heterocycles. The van der Waals surface area contributed by atoms with Gasteiger partial charge in [-0.25, -0.2) is 4.79 Å². The Hall–Kier alpha value is -3.30. The molecule has 0 atom stereocenters. The molecular weight excluding hydrogens is 430 g/mol. The first kappa shape index (κ1) is 20.0. The van der Waals surface area contributed by atoms with Gasteiger partial charge in [0, 0.05) is 5.02 Å². The van der Waals surface area contributed by atoms with Crippen LogP contribution in [0.1, 0.15) is 5.76 Å². The molecule has 10 heteroatoms. The summed E-state index contributed by atoms with van der Waals surface area (Å²) in [6.45, 7) is -0.317. The fraction of sp³-hybridized carbons (Fsp3) is 0.150. The zero-order valence-electron chi connectivity index (χ0n) is 15.8. The third-order valence-corrected chi connectivity index (χ3v) is 5.59. The van der Waals surface area contributed by atoms with E-state index in [0.717, 1.165) is 4.57 Å². The molecule has 8 nitrogen and oxygen atoms in total. The molecule has 0 radical (unpaired) electrons. The van der Waals surface area contributed by atoms with Crippen molar-refractivity contribution < 1.29 is 13.9 Å². The third-order valence-electron chi connectivity index (χ3n) is 4.47. The molecule has 0 saturated carbocycles. The minimum absolute atomic E-state index is 0.0256. The maximum Gasteiger partial charge on any atom is 0.332 e. The second-order valence-corrected chi connectivity index (χ2v) is 7.72. The van der Waals surface area contributed by atoms with E-state index in [0.29, 0.717) is 32.4 Å². The van der Waals surface area contributed by atoms with Gasteiger partial charge in [-0.05, 0) is 41.8 Å². The molecule has 0 aliphatic heterocycles. The number of aromatic nitrogens is 2. The predicted octanol–water partition coefficient (Wildman–Crippen LogP) is 3.17. The number of rotatable bonds is 6. The van der Waals surface area contributed by atoms with Crippen molar-refractivity contribution in [1.29, 1.82) is 0 Å². The number of thiophene rings is 1. The second kappa shape index (κ2) is 8.21. The number of methoxy groups -OCH3 is 1. The number of halogens is 1. The molecule has 30 heavy (non-hydrogen) atoms. The van der Waals surface area contributed by atoms with Crippen LogP contribution in [0.5, 0.6) is 5.75 Å².